The van der Waals surface area contributed by atoms with Crippen LogP contribution in [-0.2, 0) is 26.7 Å². The second-order valence-corrected chi connectivity index (χ2v) is 9.86. The minimum absolute atomic E-state index is 0.262. The highest BCUT2D eigenvalue weighted by Crippen LogP contribution is 2.27. The van der Waals surface area contributed by atoms with E-state index in [4.69, 9.17) is 4.74 Å². The van der Waals surface area contributed by atoms with Gasteiger partial charge in [0.15, 0.2) is 0 Å². The third-order valence-corrected chi connectivity index (χ3v) is 6.20. The van der Waals surface area contributed by atoms with Crippen LogP contribution in [0.1, 0.15) is 32.0 Å². The molecule has 3 rings (SSSR count). The summed E-state index contributed by atoms with van der Waals surface area (Å²) in [5.41, 5.74) is 1.29. The van der Waals surface area contributed by atoms with Gasteiger partial charge < -0.3 is 4.74 Å². The van der Waals surface area contributed by atoms with Crippen LogP contribution in [0.2, 0.25) is 0 Å². The highest BCUT2D eigenvalue weighted by molar-refractivity contribution is 7.89. The van der Waals surface area contributed by atoms with E-state index < -0.39 is 10.0 Å². The second-order valence-electron chi connectivity index (χ2n) is 8.13. The van der Waals surface area contributed by atoms with Crippen molar-refractivity contribution in [1.82, 2.24) is 19.4 Å². The molecule has 1 N–H and O–H groups in total. The van der Waals surface area contributed by atoms with Gasteiger partial charge in [-0.1, -0.05) is 51.1 Å². The maximum atomic E-state index is 13.0. The van der Waals surface area contributed by atoms with Crippen molar-refractivity contribution in [2.24, 2.45) is 0 Å². The van der Waals surface area contributed by atoms with Crippen LogP contribution in [-0.4, -0.2) is 62.5 Å². The highest BCUT2D eigenvalue weighted by atomic mass is 32.2. The first-order valence-electron chi connectivity index (χ1n) is 9.67. The summed E-state index contributed by atoms with van der Waals surface area (Å²) in [5.74, 6) is 0. The van der Waals surface area contributed by atoms with Crippen LogP contribution in [0.25, 0.3) is 0 Å². The fraction of sp³-hybridized carbons (Fsp3) is 0.550. The fourth-order valence-corrected chi connectivity index (χ4v) is 4.59. The molecule has 2 heterocycles. The van der Waals surface area contributed by atoms with Crippen molar-refractivity contribution in [2.75, 3.05) is 39.4 Å². The summed E-state index contributed by atoms with van der Waals surface area (Å²) < 4.78 is 35.8. The molecule has 1 aromatic carbocycles. The topological polar surface area (TPSA) is 76.5 Å². The molecule has 0 radical (unpaired) electrons. The Balaban J connectivity index is 1.76. The lowest BCUT2D eigenvalue weighted by Gasteiger charge is -2.26. The first-order chi connectivity index (χ1) is 13.3. The molecule has 1 aromatic heterocycles. The zero-order valence-corrected chi connectivity index (χ0v) is 17.7. The van der Waals surface area contributed by atoms with Gasteiger partial charge in [0.1, 0.15) is 4.90 Å². The van der Waals surface area contributed by atoms with Gasteiger partial charge in [-0.05, 0) is 5.56 Å². The standard InChI is InChI=1S/C20H30N4O3S/c1-20(2,3)19-18(16-24(22-19)15-17-7-5-4-6-8-17)28(25,26)21-9-10-23-11-13-27-14-12-23/h4-8,16,21H,9-15H2,1-3H3. The molecule has 8 heteroatoms. The number of benzene rings is 1. The number of rotatable bonds is 7. The molecule has 2 aromatic rings. The van der Waals surface area contributed by atoms with Gasteiger partial charge in [-0.3, -0.25) is 9.58 Å². The zero-order chi connectivity index (χ0) is 20.2. The molecule has 0 amide bonds. The van der Waals surface area contributed by atoms with Crippen molar-refractivity contribution in [1.29, 1.82) is 0 Å². The average Bonchev–Trinajstić information content (AvgIpc) is 3.09. The Bertz CT molecular complexity index is 867. The van der Waals surface area contributed by atoms with Crippen molar-refractivity contribution >= 4 is 10.0 Å². The monoisotopic (exact) mass is 406 g/mol. The van der Waals surface area contributed by atoms with E-state index in [1.165, 1.54) is 0 Å². The van der Waals surface area contributed by atoms with Crippen LogP contribution in [0.3, 0.4) is 0 Å². The van der Waals surface area contributed by atoms with E-state index in [-0.39, 0.29) is 10.3 Å². The largest absolute Gasteiger partial charge is 0.379 e. The van der Waals surface area contributed by atoms with Crippen LogP contribution in [0.4, 0.5) is 0 Å². The molecule has 0 bridgehead atoms. The molecular formula is C20H30N4O3S. The molecule has 0 atom stereocenters. The quantitative estimate of drug-likeness (QED) is 0.759. The number of aromatic nitrogens is 2. The van der Waals surface area contributed by atoms with Crippen molar-refractivity contribution in [2.45, 2.75) is 37.6 Å². The van der Waals surface area contributed by atoms with E-state index in [0.717, 1.165) is 18.7 Å². The molecule has 0 saturated carbocycles. The molecule has 0 aliphatic carbocycles. The maximum absolute atomic E-state index is 13.0. The van der Waals surface area contributed by atoms with Gasteiger partial charge in [0.2, 0.25) is 10.0 Å². The Morgan fingerprint density at radius 1 is 1.14 bits per heavy atom. The van der Waals surface area contributed by atoms with Gasteiger partial charge in [0.25, 0.3) is 0 Å². The minimum atomic E-state index is -3.64. The van der Waals surface area contributed by atoms with Crippen molar-refractivity contribution in [3.8, 4) is 0 Å². The van der Waals surface area contributed by atoms with Gasteiger partial charge in [-0.25, -0.2) is 13.1 Å². The number of sulfonamides is 1. The summed E-state index contributed by atoms with van der Waals surface area (Å²) in [4.78, 5) is 2.47. The molecule has 28 heavy (non-hydrogen) atoms. The number of hydrogen-bond acceptors (Lipinski definition) is 5. The van der Waals surface area contributed by atoms with Crippen molar-refractivity contribution in [3.05, 3.63) is 47.8 Å². The van der Waals surface area contributed by atoms with E-state index in [1.807, 2.05) is 51.1 Å². The van der Waals surface area contributed by atoms with Gasteiger partial charge in [-0.2, -0.15) is 5.10 Å². The Hall–Kier alpha value is -1.74. The number of hydrogen-bond donors (Lipinski definition) is 1. The van der Waals surface area contributed by atoms with E-state index in [2.05, 4.69) is 14.7 Å². The summed E-state index contributed by atoms with van der Waals surface area (Å²) in [5, 5.41) is 4.61. The molecule has 0 unspecified atom stereocenters. The van der Waals surface area contributed by atoms with Crippen LogP contribution >= 0.6 is 0 Å². The summed E-state index contributed by atoms with van der Waals surface area (Å²) in [6, 6.07) is 9.91. The predicted molar refractivity (Wildman–Crippen MR) is 109 cm³/mol. The minimum Gasteiger partial charge on any atom is -0.379 e. The lowest BCUT2D eigenvalue weighted by atomic mass is 9.92. The first-order valence-corrected chi connectivity index (χ1v) is 11.2. The number of nitrogens with one attached hydrogen (secondary N) is 1. The summed E-state index contributed by atoms with van der Waals surface area (Å²) in [6.07, 6.45) is 1.64. The predicted octanol–water partition coefficient (Wildman–Crippen LogP) is 1.84. The molecular weight excluding hydrogens is 376 g/mol. The Kier molecular flexibility index (Phi) is 6.54. The molecule has 7 nitrogen and oxygen atoms in total. The molecule has 1 aliphatic rings. The van der Waals surface area contributed by atoms with Crippen LogP contribution < -0.4 is 4.72 Å². The van der Waals surface area contributed by atoms with Crippen molar-refractivity contribution in [3.63, 3.8) is 0 Å². The Morgan fingerprint density at radius 2 is 1.82 bits per heavy atom. The van der Waals surface area contributed by atoms with Gasteiger partial charge in [-0.15, -0.1) is 0 Å². The Morgan fingerprint density at radius 3 is 2.46 bits per heavy atom. The fourth-order valence-electron chi connectivity index (χ4n) is 3.21. The SMILES string of the molecule is CC(C)(C)c1nn(Cc2ccccc2)cc1S(=O)(=O)NCCN1CCOCC1. The number of morpholine rings is 1. The van der Waals surface area contributed by atoms with E-state index in [1.54, 1.807) is 10.9 Å². The lowest BCUT2D eigenvalue weighted by molar-refractivity contribution is 0.0390. The molecule has 1 saturated heterocycles. The van der Waals surface area contributed by atoms with Crippen LogP contribution in [0.15, 0.2) is 41.4 Å². The maximum Gasteiger partial charge on any atom is 0.244 e. The molecule has 154 valence electrons. The Labute approximate surface area is 167 Å². The molecule has 0 spiro atoms. The van der Waals surface area contributed by atoms with E-state index in [9.17, 15) is 8.42 Å². The van der Waals surface area contributed by atoms with E-state index in [0.29, 0.717) is 38.5 Å². The van der Waals surface area contributed by atoms with Crippen molar-refractivity contribution < 1.29 is 13.2 Å². The van der Waals surface area contributed by atoms with Crippen LogP contribution in [0.5, 0.6) is 0 Å². The third-order valence-electron chi connectivity index (χ3n) is 4.74. The smallest absolute Gasteiger partial charge is 0.244 e. The summed E-state index contributed by atoms with van der Waals surface area (Å²) in [7, 11) is -3.64. The average molecular weight is 407 g/mol. The highest BCUT2D eigenvalue weighted by Gasteiger charge is 2.30. The zero-order valence-electron chi connectivity index (χ0n) is 16.9. The van der Waals surface area contributed by atoms with E-state index >= 15 is 0 Å². The number of nitrogens with zero attached hydrogens (tertiary/aromatic N) is 3. The second kappa shape index (κ2) is 8.73. The van der Waals surface area contributed by atoms with Gasteiger partial charge >= 0.3 is 0 Å². The summed E-state index contributed by atoms with van der Waals surface area (Å²) in [6.45, 7) is 10.6. The van der Waals surface area contributed by atoms with Crippen LogP contribution in [0, 0.1) is 0 Å². The van der Waals surface area contributed by atoms with Gasteiger partial charge in [0, 0.05) is 37.8 Å². The normalized spacial score (nSPS) is 16.4. The summed E-state index contributed by atoms with van der Waals surface area (Å²) >= 11 is 0. The lowest BCUT2D eigenvalue weighted by Crippen LogP contribution is -2.41. The number of ether oxygens (including phenoxy) is 1. The molecule has 1 fully saturated rings. The first kappa shape index (κ1) is 21.0. The van der Waals surface area contributed by atoms with Gasteiger partial charge in [0.05, 0.1) is 25.5 Å². The molecule has 1 aliphatic heterocycles. The third kappa shape index (κ3) is 5.41.